The van der Waals surface area contributed by atoms with Crippen molar-refractivity contribution >= 4 is 16.0 Å². The Kier molecular flexibility index (Phi) is 4.79. The molecule has 0 amide bonds. The molecule has 0 saturated heterocycles. The van der Waals surface area contributed by atoms with Crippen LogP contribution in [0, 0.1) is 0 Å². The molecule has 0 heterocycles. The SMILES string of the molecule is CCCS(=O)(=O)NOCC(=O)O. The fourth-order valence-electron chi connectivity index (χ4n) is 0.491. The Morgan fingerprint density at radius 3 is 2.58 bits per heavy atom. The summed E-state index contributed by atoms with van der Waals surface area (Å²) in [6, 6.07) is 0. The van der Waals surface area contributed by atoms with Crippen molar-refractivity contribution in [2.24, 2.45) is 0 Å². The summed E-state index contributed by atoms with van der Waals surface area (Å²) in [6.45, 7) is 1.01. The van der Waals surface area contributed by atoms with Gasteiger partial charge in [-0.2, -0.15) is 0 Å². The van der Waals surface area contributed by atoms with Crippen molar-refractivity contribution in [2.75, 3.05) is 12.4 Å². The number of aliphatic carboxylic acids is 1. The van der Waals surface area contributed by atoms with Crippen LogP contribution in [0.15, 0.2) is 0 Å². The van der Waals surface area contributed by atoms with Gasteiger partial charge >= 0.3 is 5.97 Å². The van der Waals surface area contributed by atoms with E-state index in [0.29, 0.717) is 6.42 Å². The summed E-state index contributed by atoms with van der Waals surface area (Å²) in [5, 5.41) is 8.08. The lowest BCUT2D eigenvalue weighted by molar-refractivity contribution is -0.143. The van der Waals surface area contributed by atoms with Crippen molar-refractivity contribution in [3.63, 3.8) is 0 Å². The number of nitrogens with one attached hydrogen (secondary N) is 1. The zero-order chi connectivity index (χ0) is 9.61. The fourth-order valence-corrected chi connectivity index (χ4v) is 1.35. The molecular weight excluding hydrogens is 186 g/mol. The van der Waals surface area contributed by atoms with E-state index in [2.05, 4.69) is 4.84 Å². The predicted molar refractivity (Wildman–Crippen MR) is 40.8 cm³/mol. The van der Waals surface area contributed by atoms with Crippen molar-refractivity contribution in [1.82, 2.24) is 4.89 Å². The molecule has 12 heavy (non-hydrogen) atoms. The minimum Gasteiger partial charge on any atom is -0.479 e. The number of carboxylic acid groups (broad SMARTS) is 1. The first-order valence-electron chi connectivity index (χ1n) is 3.31. The van der Waals surface area contributed by atoms with Crippen molar-refractivity contribution in [3.05, 3.63) is 0 Å². The molecule has 0 radical (unpaired) electrons. The molecule has 0 aliphatic rings. The first-order valence-corrected chi connectivity index (χ1v) is 4.96. The summed E-state index contributed by atoms with van der Waals surface area (Å²) in [6.07, 6.45) is 0.450. The van der Waals surface area contributed by atoms with Crippen molar-refractivity contribution in [3.8, 4) is 0 Å². The molecule has 0 atom stereocenters. The molecule has 0 aliphatic heterocycles. The van der Waals surface area contributed by atoms with E-state index in [-0.39, 0.29) is 5.75 Å². The van der Waals surface area contributed by atoms with Crippen molar-refractivity contribution < 1.29 is 23.2 Å². The summed E-state index contributed by atoms with van der Waals surface area (Å²) in [4.78, 5) is 15.7. The highest BCUT2D eigenvalue weighted by atomic mass is 32.2. The molecule has 0 saturated carbocycles. The Morgan fingerprint density at radius 1 is 1.58 bits per heavy atom. The minimum absolute atomic E-state index is 0.0768. The normalized spacial score (nSPS) is 11.4. The third kappa shape index (κ3) is 6.08. The molecule has 0 spiro atoms. The van der Waals surface area contributed by atoms with Crippen molar-refractivity contribution in [2.45, 2.75) is 13.3 Å². The summed E-state index contributed by atoms with van der Waals surface area (Å²) in [5.74, 6) is -1.30. The summed E-state index contributed by atoms with van der Waals surface area (Å²) < 4.78 is 21.6. The van der Waals surface area contributed by atoms with Crippen LogP contribution in [0.25, 0.3) is 0 Å². The van der Waals surface area contributed by atoms with Gasteiger partial charge in [0.25, 0.3) is 0 Å². The lowest BCUT2D eigenvalue weighted by Gasteiger charge is -2.02. The van der Waals surface area contributed by atoms with Gasteiger partial charge in [0.15, 0.2) is 6.61 Å². The first kappa shape index (κ1) is 11.3. The maximum Gasteiger partial charge on any atom is 0.331 e. The third-order valence-corrected chi connectivity index (χ3v) is 2.17. The minimum atomic E-state index is -3.46. The number of rotatable bonds is 6. The van der Waals surface area contributed by atoms with E-state index < -0.39 is 22.6 Å². The molecule has 2 N–H and O–H groups in total. The molecule has 0 aromatic heterocycles. The number of carbonyl (C=O) groups is 1. The Bertz CT molecular complexity index is 234. The third-order valence-electron chi connectivity index (χ3n) is 0.854. The van der Waals surface area contributed by atoms with E-state index in [1.807, 2.05) is 0 Å². The quantitative estimate of drug-likeness (QED) is 0.551. The van der Waals surface area contributed by atoms with Crippen LogP contribution in [0.5, 0.6) is 0 Å². The molecule has 0 aromatic carbocycles. The Balaban J connectivity index is 3.69. The molecule has 0 fully saturated rings. The Morgan fingerprint density at radius 2 is 2.17 bits per heavy atom. The zero-order valence-corrected chi connectivity index (χ0v) is 7.43. The summed E-state index contributed by atoms with van der Waals surface area (Å²) in [5.41, 5.74) is 0. The Hall–Kier alpha value is -0.660. The standard InChI is InChI=1S/C5H11NO5S/c1-2-3-12(9,10)6-11-4-5(7)8/h6H,2-4H2,1H3,(H,7,8). The summed E-state index contributed by atoms with van der Waals surface area (Å²) in [7, 11) is -3.46. The van der Waals surface area contributed by atoms with Crippen LogP contribution >= 0.6 is 0 Å². The van der Waals surface area contributed by atoms with Gasteiger partial charge in [-0.05, 0) is 6.42 Å². The first-order chi connectivity index (χ1) is 5.48. The van der Waals surface area contributed by atoms with Gasteiger partial charge in [-0.3, -0.25) is 4.84 Å². The number of sulfonamides is 1. The van der Waals surface area contributed by atoms with Crippen LogP contribution in [0.3, 0.4) is 0 Å². The molecule has 6 nitrogen and oxygen atoms in total. The van der Waals surface area contributed by atoms with Crippen LogP contribution in [-0.2, 0) is 19.7 Å². The van der Waals surface area contributed by atoms with E-state index in [0.717, 1.165) is 0 Å². The van der Waals surface area contributed by atoms with Crippen LogP contribution < -0.4 is 4.89 Å². The molecule has 72 valence electrons. The number of hydrogen-bond acceptors (Lipinski definition) is 4. The fraction of sp³-hybridized carbons (Fsp3) is 0.800. The maximum atomic E-state index is 10.8. The van der Waals surface area contributed by atoms with Gasteiger partial charge < -0.3 is 5.11 Å². The monoisotopic (exact) mass is 197 g/mol. The molecule has 0 rings (SSSR count). The molecule has 0 aliphatic carbocycles. The molecule has 0 aromatic rings. The van der Waals surface area contributed by atoms with Gasteiger partial charge in [0.2, 0.25) is 10.0 Å². The van der Waals surface area contributed by atoms with Gasteiger partial charge in [-0.25, -0.2) is 13.2 Å². The summed E-state index contributed by atoms with van der Waals surface area (Å²) >= 11 is 0. The van der Waals surface area contributed by atoms with Crippen LogP contribution in [0.2, 0.25) is 0 Å². The second-order valence-electron chi connectivity index (χ2n) is 2.08. The highest BCUT2D eigenvalue weighted by molar-refractivity contribution is 7.89. The van der Waals surface area contributed by atoms with Crippen LogP contribution in [-0.4, -0.2) is 31.9 Å². The van der Waals surface area contributed by atoms with Gasteiger partial charge in [0, 0.05) is 0 Å². The van der Waals surface area contributed by atoms with E-state index in [1.54, 1.807) is 11.8 Å². The predicted octanol–water partition coefficient (Wildman–Crippen LogP) is -0.668. The Labute approximate surface area is 70.5 Å². The van der Waals surface area contributed by atoms with Crippen LogP contribution in [0.4, 0.5) is 0 Å². The van der Waals surface area contributed by atoms with Gasteiger partial charge in [0.05, 0.1) is 5.75 Å². The molecular formula is C5H11NO5S. The highest BCUT2D eigenvalue weighted by Gasteiger charge is 2.08. The lowest BCUT2D eigenvalue weighted by Crippen LogP contribution is -2.28. The molecule has 0 bridgehead atoms. The molecule has 7 heteroatoms. The zero-order valence-electron chi connectivity index (χ0n) is 6.61. The second kappa shape index (κ2) is 5.07. The van der Waals surface area contributed by atoms with E-state index >= 15 is 0 Å². The molecule has 0 unspecified atom stereocenters. The van der Waals surface area contributed by atoms with E-state index in [4.69, 9.17) is 5.11 Å². The van der Waals surface area contributed by atoms with E-state index in [9.17, 15) is 13.2 Å². The second-order valence-corrected chi connectivity index (χ2v) is 3.89. The number of hydrogen-bond donors (Lipinski definition) is 2. The average molecular weight is 197 g/mol. The van der Waals surface area contributed by atoms with Crippen LogP contribution in [0.1, 0.15) is 13.3 Å². The number of carboxylic acids is 1. The average Bonchev–Trinajstić information content (AvgIpc) is 1.85. The van der Waals surface area contributed by atoms with Gasteiger partial charge in [-0.1, -0.05) is 11.8 Å². The van der Waals surface area contributed by atoms with Gasteiger partial charge in [-0.15, -0.1) is 0 Å². The van der Waals surface area contributed by atoms with E-state index in [1.165, 1.54) is 0 Å². The topological polar surface area (TPSA) is 92.7 Å². The van der Waals surface area contributed by atoms with Crippen molar-refractivity contribution in [1.29, 1.82) is 0 Å². The smallest absolute Gasteiger partial charge is 0.331 e. The maximum absolute atomic E-state index is 10.8. The largest absolute Gasteiger partial charge is 0.479 e. The highest BCUT2D eigenvalue weighted by Crippen LogP contribution is 1.87. The van der Waals surface area contributed by atoms with Gasteiger partial charge in [0.1, 0.15) is 0 Å². The lowest BCUT2D eigenvalue weighted by atomic mass is 10.6.